The highest BCUT2D eigenvalue weighted by Gasteiger charge is 2.48. The zero-order chi connectivity index (χ0) is 26.7. The van der Waals surface area contributed by atoms with Gasteiger partial charge in [0.1, 0.15) is 22.1 Å². The Labute approximate surface area is 217 Å². The molecule has 2 heterocycles. The first kappa shape index (κ1) is 25.9. The fourth-order valence-corrected chi connectivity index (χ4v) is 5.02. The lowest BCUT2D eigenvalue weighted by molar-refractivity contribution is -0.132. The van der Waals surface area contributed by atoms with Crippen molar-refractivity contribution < 1.29 is 33.7 Å². The topological polar surface area (TPSA) is 115 Å². The first-order valence-corrected chi connectivity index (χ1v) is 12.4. The van der Waals surface area contributed by atoms with E-state index in [1.165, 1.54) is 12.0 Å². The van der Waals surface area contributed by atoms with Crippen molar-refractivity contribution >= 4 is 39.9 Å². The van der Waals surface area contributed by atoms with E-state index in [9.17, 15) is 19.5 Å². The Hall–Kier alpha value is -4.18. The van der Waals surface area contributed by atoms with E-state index < -0.39 is 23.7 Å². The molecule has 37 heavy (non-hydrogen) atoms. The number of aliphatic hydroxyl groups is 1. The average Bonchev–Trinajstić information content (AvgIpc) is 3.41. The van der Waals surface area contributed by atoms with Crippen LogP contribution in [0.2, 0.25) is 0 Å². The largest absolute Gasteiger partial charge is 0.507 e. The van der Waals surface area contributed by atoms with Gasteiger partial charge >= 0.3 is 11.9 Å². The second kappa shape index (κ2) is 10.8. The normalized spacial score (nSPS) is 16.6. The van der Waals surface area contributed by atoms with Crippen LogP contribution in [-0.4, -0.2) is 48.1 Å². The molecule has 0 bridgehead atoms. The molecule has 1 atom stereocenters. The van der Waals surface area contributed by atoms with Crippen LogP contribution in [0.15, 0.2) is 54.1 Å². The molecule has 1 aromatic heterocycles. The van der Waals surface area contributed by atoms with Crippen LogP contribution in [0.4, 0.5) is 5.13 Å². The van der Waals surface area contributed by atoms with Crippen molar-refractivity contribution in [3.8, 4) is 11.5 Å². The molecule has 0 saturated carbocycles. The molecule has 10 heteroatoms. The quantitative estimate of drug-likeness (QED) is 0.197. The number of carbonyl (C=O) groups is 3. The Morgan fingerprint density at radius 3 is 2.27 bits per heavy atom. The molecule has 9 nitrogen and oxygen atoms in total. The molecular weight excluding hydrogens is 496 g/mol. The maximum absolute atomic E-state index is 13.4. The second-order valence-electron chi connectivity index (χ2n) is 8.03. The fourth-order valence-electron chi connectivity index (χ4n) is 4.03. The van der Waals surface area contributed by atoms with E-state index in [0.717, 1.165) is 11.3 Å². The summed E-state index contributed by atoms with van der Waals surface area (Å²) in [5.74, 6) is -1.42. The summed E-state index contributed by atoms with van der Waals surface area (Å²) < 4.78 is 15.8. The third-order valence-electron chi connectivity index (χ3n) is 5.77. The van der Waals surface area contributed by atoms with E-state index in [1.807, 2.05) is 6.92 Å². The molecule has 1 fully saturated rings. The van der Waals surface area contributed by atoms with Gasteiger partial charge in [-0.3, -0.25) is 14.5 Å². The van der Waals surface area contributed by atoms with Crippen LogP contribution < -0.4 is 14.4 Å². The van der Waals surface area contributed by atoms with Crippen LogP contribution in [0.5, 0.6) is 11.5 Å². The zero-order valence-electron chi connectivity index (χ0n) is 20.8. The van der Waals surface area contributed by atoms with Gasteiger partial charge in [0, 0.05) is 5.56 Å². The number of aryl methyl sites for hydroxylation is 1. The molecule has 1 aliphatic heterocycles. The lowest BCUT2D eigenvalue weighted by Gasteiger charge is -2.23. The van der Waals surface area contributed by atoms with Crippen molar-refractivity contribution in [3.63, 3.8) is 0 Å². The SMILES string of the molecule is CCOC(=O)c1sc(N2C(=O)C(=O)/C(=C(/O)c3ccc(OCC)cc3)C2c2ccc(OC)cc2)nc1C. The Morgan fingerprint density at radius 2 is 1.68 bits per heavy atom. The molecular formula is C27H26N2O7S. The summed E-state index contributed by atoms with van der Waals surface area (Å²) >= 11 is 0.955. The van der Waals surface area contributed by atoms with Gasteiger partial charge in [0.2, 0.25) is 0 Å². The van der Waals surface area contributed by atoms with E-state index in [1.54, 1.807) is 62.4 Å². The van der Waals surface area contributed by atoms with E-state index in [-0.39, 0.29) is 27.9 Å². The highest BCUT2D eigenvalue weighted by Crippen LogP contribution is 2.44. The Morgan fingerprint density at radius 1 is 1.03 bits per heavy atom. The summed E-state index contributed by atoms with van der Waals surface area (Å²) in [6, 6.07) is 12.4. The molecule has 4 rings (SSSR count). The van der Waals surface area contributed by atoms with Crippen molar-refractivity contribution in [2.75, 3.05) is 25.2 Å². The summed E-state index contributed by atoms with van der Waals surface area (Å²) in [4.78, 5) is 44.9. The minimum Gasteiger partial charge on any atom is -0.507 e. The van der Waals surface area contributed by atoms with Gasteiger partial charge in [-0.05, 0) is 62.7 Å². The van der Waals surface area contributed by atoms with Crippen molar-refractivity contribution in [1.82, 2.24) is 4.98 Å². The van der Waals surface area contributed by atoms with E-state index >= 15 is 0 Å². The van der Waals surface area contributed by atoms with Gasteiger partial charge in [0.25, 0.3) is 5.78 Å². The van der Waals surface area contributed by atoms with Crippen molar-refractivity contribution in [1.29, 1.82) is 0 Å². The number of carbonyl (C=O) groups excluding carboxylic acids is 3. The molecule has 1 unspecified atom stereocenters. The Bertz CT molecular complexity index is 1360. The highest BCUT2D eigenvalue weighted by atomic mass is 32.1. The average molecular weight is 523 g/mol. The number of nitrogens with zero attached hydrogens (tertiary/aromatic N) is 2. The van der Waals surface area contributed by atoms with Gasteiger partial charge in [-0.15, -0.1) is 0 Å². The molecule has 1 saturated heterocycles. The number of esters is 1. The summed E-state index contributed by atoms with van der Waals surface area (Å²) in [5, 5.41) is 11.4. The van der Waals surface area contributed by atoms with Crippen LogP contribution >= 0.6 is 11.3 Å². The number of amides is 1. The lowest BCUT2D eigenvalue weighted by Crippen LogP contribution is -2.29. The second-order valence-corrected chi connectivity index (χ2v) is 9.01. The number of hydrogen-bond acceptors (Lipinski definition) is 9. The summed E-state index contributed by atoms with van der Waals surface area (Å²) in [5.41, 5.74) is 1.19. The minimum atomic E-state index is -0.988. The van der Waals surface area contributed by atoms with Crippen LogP contribution in [0.1, 0.15) is 46.4 Å². The number of ketones is 1. The van der Waals surface area contributed by atoms with Crippen molar-refractivity contribution in [2.24, 2.45) is 0 Å². The van der Waals surface area contributed by atoms with Gasteiger partial charge < -0.3 is 19.3 Å². The third-order valence-corrected chi connectivity index (χ3v) is 6.90. The van der Waals surface area contributed by atoms with E-state index in [0.29, 0.717) is 34.9 Å². The molecule has 2 aromatic carbocycles. The Balaban J connectivity index is 1.87. The number of hydrogen-bond donors (Lipinski definition) is 1. The Kier molecular flexibility index (Phi) is 7.58. The van der Waals surface area contributed by atoms with Crippen molar-refractivity contribution in [2.45, 2.75) is 26.8 Å². The van der Waals surface area contributed by atoms with Gasteiger partial charge in [-0.2, -0.15) is 0 Å². The number of aromatic nitrogens is 1. The van der Waals surface area contributed by atoms with Crippen molar-refractivity contribution in [3.05, 3.63) is 75.8 Å². The van der Waals surface area contributed by atoms with Gasteiger partial charge in [-0.25, -0.2) is 9.78 Å². The van der Waals surface area contributed by atoms with Crippen LogP contribution in [0.25, 0.3) is 5.76 Å². The molecule has 192 valence electrons. The van der Waals surface area contributed by atoms with Crippen LogP contribution in [-0.2, 0) is 14.3 Å². The van der Waals surface area contributed by atoms with Gasteiger partial charge in [0.05, 0.1) is 37.6 Å². The summed E-state index contributed by atoms with van der Waals surface area (Å²) in [6.45, 7) is 5.85. The summed E-state index contributed by atoms with van der Waals surface area (Å²) in [6.07, 6.45) is 0. The number of Topliss-reactive ketones (excluding diaryl/α,β-unsaturated/α-hetero) is 1. The fraction of sp³-hybridized carbons (Fsp3) is 0.259. The van der Waals surface area contributed by atoms with Gasteiger partial charge in [-0.1, -0.05) is 23.5 Å². The molecule has 0 spiro atoms. The van der Waals surface area contributed by atoms with Crippen LogP contribution in [0, 0.1) is 6.92 Å². The molecule has 0 radical (unpaired) electrons. The standard InChI is InChI=1S/C27H26N2O7S/c1-5-35-19-13-9-17(10-14-19)22(30)20-21(16-7-11-18(34-4)12-8-16)29(25(32)23(20)31)27-28-15(3)24(37-27)26(33)36-6-2/h7-14,21,30H,5-6H2,1-4H3/b22-20+. The van der Waals surface area contributed by atoms with E-state index in [2.05, 4.69) is 4.98 Å². The smallest absolute Gasteiger partial charge is 0.350 e. The number of benzene rings is 2. The third kappa shape index (κ3) is 4.92. The maximum atomic E-state index is 13.4. The minimum absolute atomic E-state index is 0.0927. The number of rotatable bonds is 8. The predicted molar refractivity (Wildman–Crippen MR) is 138 cm³/mol. The molecule has 0 aliphatic carbocycles. The molecule has 3 aromatic rings. The van der Waals surface area contributed by atoms with Crippen LogP contribution in [0.3, 0.4) is 0 Å². The zero-order valence-corrected chi connectivity index (χ0v) is 21.6. The predicted octanol–water partition coefficient (Wildman–Crippen LogP) is 4.66. The first-order chi connectivity index (χ1) is 17.8. The van der Waals surface area contributed by atoms with E-state index in [4.69, 9.17) is 14.2 Å². The number of aliphatic hydroxyl groups excluding tert-OH is 1. The number of methoxy groups -OCH3 is 1. The van der Waals surface area contributed by atoms with Gasteiger partial charge in [0.15, 0.2) is 5.13 Å². The monoisotopic (exact) mass is 522 g/mol. The summed E-state index contributed by atoms with van der Waals surface area (Å²) in [7, 11) is 1.53. The molecule has 1 N–H and O–H groups in total. The highest BCUT2D eigenvalue weighted by molar-refractivity contribution is 7.17. The number of anilines is 1. The lowest BCUT2D eigenvalue weighted by atomic mass is 9.95. The number of ether oxygens (including phenoxy) is 3. The maximum Gasteiger partial charge on any atom is 0.350 e. The first-order valence-electron chi connectivity index (χ1n) is 11.6. The molecule has 1 aliphatic rings. The number of thiazole rings is 1. The molecule has 1 amide bonds.